The second-order valence-electron chi connectivity index (χ2n) is 1.99. The predicted octanol–water partition coefficient (Wildman–Crippen LogP) is -0.0166. The van der Waals surface area contributed by atoms with Crippen molar-refractivity contribution < 1.29 is 4.74 Å². The van der Waals surface area contributed by atoms with Crippen LogP contribution in [-0.4, -0.2) is 19.3 Å². The Labute approximate surface area is 50.0 Å². The lowest BCUT2D eigenvalue weighted by molar-refractivity contribution is 0.164. The predicted molar refractivity (Wildman–Crippen MR) is 33.3 cm³/mol. The van der Waals surface area contributed by atoms with E-state index in [-0.39, 0.29) is 0 Å². The zero-order valence-corrected chi connectivity index (χ0v) is 5.27. The number of terminal acetylenes is 1. The summed E-state index contributed by atoms with van der Waals surface area (Å²) < 4.78 is 4.73. The fourth-order valence-corrected chi connectivity index (χ4v) is 0.342. The average molecular weight is 113 g/mol. The summed E-state index contributed by atoms with van der Waals surface area (Å²) in [6.45, 7) is 2.15. The molecule has 0 aliphatic carbocycles. The van der Waals surface area contributed by atoms with E-state index in [4.69, 9.17) is 16.9 Å². The highest BCUT2D eigenvalue weighted by Crippen LogP contribution is 1.94. The molecule has 0 radical (unpaired) electrons. The van der Waals surface area contributed by atoms with Crippen LogP contribution in [0.15, 0.2) is 0 Å². The van der Waals surface area contributed by atoms with Crippen molar-refractivity contribution in [2.45, 2.75) is 12.5 Å². The van der Waals surface area contributed by atoms with Crippen molar-refractivity contribution in [3.05, 3.63) is 0 Å². The molecule has 0 rings (SSSR count). The molecule has 0 amide bonds. The smallest absolute Gasteiger partial charge is 0.0980 e. The van der Waals surface area contributed by atoms with Gasteiger partial charge in [0.1, 0.15) is 0 Å². The Morgan fingerprint density at radius 1 is 1.88 bits per heavy atom. The molecule has 1 atom stereocenters. The average Bonchev–Trinajstić information content (AvgIpc) is 1.67. The number of ether oxygens (including phenoxy) is 1. The summed E-state index contributed by atoms with van der Waals surface area (Å²) in [5, 5.41) is 0. The van der Waals surface area contributed by atoms with Gasteiger partial charge in [-0.2, -0.15) is 0 Å². The summed E-state index contributed by atoms with van der Waals surface area (Å²) in [4.78, 5) is 0. The molecule has 8 heavy (non-hydrogen) atoms. The number of hydrogen-bond donors (Lipinski definition) is 1. The van der Waals surface area contributed by atoms with Crippen LogP contribution in [0.25, 0.3) is 0 Å². The van der Waals surface area contributed by atoms with Crippen LogP contribution in [0.1, 0.15) is 6.92 Å². The molecule has 46 valence electrons. The molecule has 0 saturated heterocycles. The number of methoxy groups -OCH3 is 1. The van der Waals surface area contributed by atoms with Gasteiger partial charge in [-0.05, 0) is 6.92 Å². The van der Waals surface area contributed by atoms with Gasteiger partial charge >= 0.3 is 0 Å². The van der Waals surface area contributed by atoms with Crippen molar-refractivity contribution in [3.8, 4) is 12.3 Å². The van der Waals surface area contributed by atoms with E-state index in [2.05, 4.69) is 5.92 Å². The number of rotatable bonds is 2. The highest BCUT2D eigenvalue weighted by Gasteiger charge is 2.12. The Bertz CT molecular complexity index is 102. The fraction of sp³-hybridized carbons (Fsp3) is 0.667. The minimum atomic E-state index is -0.602. The van der Waals surface area contributed by atoms with Crippen molar-refractivity contribution in [3.63, 3.8) is 0 Å². The molecule has 0 aromatic carbocycles. The van der Waals surface area contributed by atoms with Crippen LogP contribution in [0.2, 0.25) is 0 Å². The van der Waals surface area contributed by atoms with Gasteiger partial charge in [0.05, 0.1) is 12.1 Å². The molecule has 0 spiro atoms. The lowest BCUT2D eigenvalue weighted by Gasteiger charge is -2.14. The van der Waals surface area contributed by atoms with Crippen LogP contribution >= 0.6 is 0 Å². The first-order valence-corrected chi connectivity index (χ1v) is 2.38. The van der Waals surface area contributed by atoms with Gasteiger partial charge in [-0.15, -0.1) is 6.42 Å². The molecule has 0 bridgehead atoms. The third-order valence-electron chi connectivity index (χ3n) is 0.774. The molecule has 0 saturated carbocycles. The Hall–Kier alpha value is -0.520. The standard InChI is InChI=1S/C6H11NO/c1-4-6(2,7)5-8-3/h1H,5,7H2,2-3H3. The first-order chi connectivity index (χ1) is 3.62. The maximum atomic E-state index is 5.47. The third-order valence-corrected chi connectivity index (χ3v) is 0.774. The van der Waals surface area contributed by atoms with E-state index in [9.17, 15) is 0 Å². The molecule has 0 heterocycles. The molecule has 0 aromatic heterocycles. The normalized spacial score (nSPS) is 16.8. The molecular formula is C6H11NO. The second-order valence-corrected chi connectivity index (χ2v) is 1.99. The molecular weight excluding hydrogens is 102 g/mol. The van der Waals surface area contributed by atoms with Crippen LogP contribution in [0, 0.1) is 12.3 Å². The Morgan fingerprint density at radius 2 is 2.38 bits per heavy atom. The first-order valence-electron chi connectivity index (χ1n) is 2.38. The maximum Gasteiger partial charge on any atom is 0.0980 e. The lowest BCUT2D eigenvalue weighted by Crippen LogP contribution is -2.38. The number of nitrogens with two attached hydrogens (primary N) is 1. The van der Waals surface area contributed by atoms with Crippen LogP contribution in [0.3, 0.4) is 0 Å². The molecule has 0 fully saturated rings. The molecule has 2 nitrogen and oxygen atoms in total. The molecule has 0 aliphatic rings. The second kappa shape index (κ2) is 2.71. The molecule has 0 aromatic rings. The zero-order chi connectivity index (χ0) is 6.62. The molecule has 2 N–H and O–H groups in total. The van der Waals surface area contributed by atoms with Crippen molar-refractivity contribution in [2.24, 2.45) is 5.73 Å². The van der Waals surface area contributed by atoms with E-state index in [1.807, 2.05) is 0 Å². The summed E-state index contributed by atoms with van der Waals surface area (Å²) >= 11 is 0. The minimum absolute atomic E-state index is 0.406. The van der Waals surface area contributed by atoms with Crippen molar-refractivity contribution in [1.29, 1.82) is 0 Å². The van der Waals surface area contributed by atoms with Gasteiger partial charge in [-0.1, -0.05) is 5.92 Å². The lowest BCUT2D eigenvalue weighted by atomic mass is 10.1. The van der Waals surface area contributed by atoms with Crippen LogP contribution < -0.4 is 5.73 Å². The van der Waals surface area contributed by atoms with Gasteiger partial charge in [0.25, 0.3) is 0 Å². The van der Waals surface area contributed by atoms with Gasteiger partial charge in [0.2, 0.25) is 0 Å². The van der Waals surface area contributed by atoms with Gasteiger partial charge < -0.3 is 10.5 Å². The monoisotopic (exact) mass is 113 g/mol. The molecule has 2 heteroatoms. The quantitative estimate of drug-likeness (QED) is 0.511. The van der Waals surface area contributed by atoms with Gasteiger partial charge in [0, 0.05) is 7.11 Å². The van der Waals surface area contributed by atoms with Crippen molar-refractivity contribution in [2.75, 3.05) is 13.7 Å². The maximum absolute atomic E-state index is 5.47. The topological polar surface area (TPSA) is 35.2 Å². The van der Waals surface area contributed by atoms with Crippen LogP contribution in [-0.2, 0) is 4.74 Å². The Morgan fingerprint density at radius 3 is 2.50 bits per heavy atom. The Balaban J connectivity index is 3.59. The largest absolute Gasteiger partial charge is 0.382 e. The van der Waals surface area contributed by atoms with Crippen molar-refractivity contribution >= 4 is 0 Å². The summed E-state index contributed by atoms with van der Waals surface area (Å²) in [6, 6.07) is 0. The van der Waals surface area contributed by atoms with E-state index in [1.165, 1.54) is 0 Å². The highest BCUT2D eigenvalue weighted by molar-refractivity contribution is 5.08. The summed E-state index contributed by atoms with van der Waals surface area (Å²) in [5.41, 5.74) is 4.86. The van der Waals surface area contributed by atoms with Crippen LogP contribution in [0.5, 0.6) is 0 Å². The number of hydrogen-bond acceptors (Lipinski definition) is 2. The minimum Gasteiger partial charge on any atom is -0.382 e. The van der Waals surface area contributed by atoms with Gasteiger partial charge in [0.15, 0.2) is 0 Å². The summed E-state index contributed by atoms with van der Waals surface area (Å²) in [5.74, 6) is 2.40. The van der Waals surface area contributed by atoms with E-state index >= 15 is 0 Å². The van der Waals surface area contributed by atoms with Crippen molar-refractivity contribution in [1.82, 2.24) is 0 Å². The van der Waals surface area contributed by atoms with E-state index in [1.54, 1.807) is 14.0 Å². The van der Waals surface area contributed by atoms with E-state index < -0.39 is 5.54 Å². The van der Waals surface area contributed by atoms with E-state index in [0.717, 1.165) is 0 Å². The molecule has 1 unspecified atom stereocenters. The third kappa shape index (κ3) is 2.62. The van der Waals surface area contributed by atoms with Gasteiger partial charge in [-0.25, -0.2) is 0 Å². The van der Waals surface area contributed by atoms with Gasteiger partial charge in [-0.3, -0.25) is 0 Å². The first kappa shape index (κ1) is 7.48. The Kier molecular flexibility index (Phi) is 2.53. The summed E-state index contributed by atoms with van der Waals surface area (Å²) in [6.07, 6.45) is 5.04. The molecule has 0 aliphatic heterocycles. The van der Waals surface area contributed by atoms with Crippen LogP contribution in [0.4, 0.5) is 0 Å². The fourth-order valence-electron chi connectivity index (χ4n) is 0.342. The summed E-state index contributed by atoms with van der Waals surface area (Å²) in [7, 11) is 1.57. The zero-order valence-electron chi connectivity index (χ0n) is 5.27. The SMILES string of the molecule is C#CC(C)(N)COC. The van der Waals surface area contributed by atoms with E-state index in [0.29, 0.717) is 6.61 Å². The highest BCUT2D eigenvalue weighted by atomic mass is 16.5.